The topological polar surface area (TPSA) is 68.1 Å². The SMILES string of the molecule is CN(CCC(F)F)C(=O)c1ccc2ncc(-c3ccc4c(=O)n(C)ccc4c3)nc2c1. The lowest BCUT2D eigenvalue weighted by Crippen LogP contribution is -2.28. The molecule has 0 bridgehead atoms. The third-order valence-corrected chi connectivity index (χ3v) is 5.19. The summed E-state index contributed by atoms with van der Waals surface area (Å²) in [7, 11) is 3.20. The van der Waals surface area contributed by atoms with Crippen LogP contribution in [0, 0.1) is 0 Å². The van der Waals surface area contributed by atoms with Gasteiger partial charge in [0.05, 0.1) is 22.9 Å². The molecule has 0 radical (unpaired) electrons. The summed E-state index contributed by atoms with van der Waals surface area (Å²) in [4.78, 5) is 35.1. The number of amides is 1. The fraction of sp³-hybridized carbons (Fsp3) is 0.217. The van der Waals surface area contributed by atoms with Crippen molar-refractivity contribution in [1.29, 1.82) is 0 Å². The van der Waals surface area contributed by atoms with Crippen molar-refractivity contribution in [2.45, 2.75) is 12.8 Å². The number of alkyl halides is 2. The van der Waals surface area contributed by atoms with Crippen LogP contribution >= 0.6 is 0 Å². The van der Waals surface area contributed by atoms with Crippen molar-refractivity contribution in [2.24, 2.45) is 7.05 Å². The largest absolute Gasteiger partial charge is 0.341 e. The maximum Gasteiger partial charge on any atom is 0.258 e. The molecule has 0 saturated heterocycles. The van der Waals surface area contributed by atoms with Gasteiger partial charge in [0.2, 0.25) is 6.43 Å². The Morgan fingerprint density at radius 1 is 1.13 bits per heavy atom. The number of hydrogen-bond donors (Lipinski definition) is 0. The quantitative estimate of drug-likeness (QED) is 0.490. The van der Waals surface area contributed by atoms with E-state index in [0.29, 0.717) is 27.7 Å². The molecule has 0 fully saturated rings. The summed E-state index contributed by atoms with van der Waals surface area (Å²) < 4.78 is 26.4. The molecule has 0 atom stereocenters. The van der Waals surface area contributed by atoms with Crippen LogP contribution in [0.5, 0.6) is 0 Å². The molecule has 0 spiro atoms. The monoisotopic (exact) mass is 422 g/mol. The van der Waals surface area contributed by atoms with Crippen LogP contribution in [0.4, 0.5) is 8.78 Å². The zero-order valence-corrected chi connectivity index (χ0v) is 17.0. The van der Waals surface area contributed by atoms with Gasteiger partial charge in [-0.25, -0.2) is 13.8 Å². The smallest absolute Gasteiger partial charge is 0.258 e. The van der Waals surface area contributed by atoms with E-state index < -0.39 is 6.43 Å². The number of nitrogens with zero attached hydrogens (tertiary/aromatic N) is 4. The molecule has 2 aromatic carbocycles. The average Bonchev–Trinajstić information content (AvgIpc) is 2.78. The maximum absolute atomic E-state index is 12.6. The second kappa shape index (κ2) is 8.22. The fourth-order valence-corrected chi connectivity index (χ4v) is 3.40. The lowest BCUT2D eigenvalue weighted by Gasteiger charge is -2.17. The second-order valence-electron chi connectivity index (χ2n) is 7.40. The van der Waals surface area contributed by atoms with Gasteiger partial charge in [-0.3, -0.25) is 14.6 Å². The van der Waals surface area contributed by atoms with Gasteiger partial charge in [0.1, 0.15) is 0 Å². The first-order valence-corrected chi connectivity index (χ1v) is 9.73. The summed E-state index contributed by atoms with van der Waals surface area (Å²) in [6.07, 6.45) is 0.525. The molecule has 4 rings (SSSR count). The number of pyridine rings is 1. The Hall–Kier alpha value is -3.68. The molecule has 4 aromatic rings. The third-order valence-electron chi connectivity index (χ3n) is 5.19. The van der Waals surface area contributed by atoms with Crippen LogP contribution in [0.3, 0.4) is 0 Å². The lowest BCUT2D eigenvalue weighted by atomic mass is 10.1. The summed E-state index contributed by atoms with van der Waals surface area (Å²) in [5, 5.41) is 1.41. The van der Waals surface area contributed by atoms with Crippen LogP contribution < -0.4 is 5.56 Å². The number of carbonyl (C=O) groups is 1. The molecular formula is C23H20F2N4O2. The Bertz CT molecular complexity index is 1350. The number of aromatic nitrogens is 3. The van der Waals surface area contributed by atoms with E-state index in [1.165, 1.54) is 16.5 Å². The van der Waals surface area contributed by atoms with Gasteiger partial charge in [0.15, 0.2) is 0 Å². The summed E-state index contributed by atoms with van der Waals surface area (Å²) in [5.74, 6) is -0.351. The highest BCUT2D eigenvalue weighted by Gasteiger charge is 2.15. The van der Waals surface area contributed by atoms with Crippen LogP contribution in [-0.4, -0.2) is 45.4 Å². The predicted molar refractivity (Wildman–Crippen MR) is 115 cm³/mol. The van der Waals surface area contributed by atoms with Crippen molar-refractivity contribution >= 4 is 27.7 Å². The number of halogens is 2. The molecule has 2 heterocycles. The minimum Gasteiger partial charge on any atom is -0.341 e. The molecule has 0 unspecified atom stereocenters. The molecule has 1 amide bonds. The number of hydrogen-bond acceptors (Lipinski definition) is 4. The molecule has 8 heteroatoms. The molecule has 0 aliphatic heterocycles. The molecule has 0 saturated carbocycles. The van der Waals surface area contributed by atoms with Crippen molar-refractivity contribution in [2.75, 3.05) is 13.6 Å². The van der Waals surface area contributed by atoms with Crippen molar-refractivity contribution < 1.29 is 13.6 Å². The van der Waals surface area contributed by atoms with Crippen LogP contribution in [0.2, 0.25) is 0 Å². The second-order valence-corrected chi connectivity index (χ2v) is 7.40. The van der Waals surface area contributed by atoms with E-state index >= 15 is 0 Å². The number of benzene rings is 2. The number of aryl methyl sites for hydroxylation is 1. The zero-order chi connectivity index (χ0) is 22.1. The Morgan fingerprint density at radius 3 is 2.71 bits per heavy atom. The summed E-state index contributed by atoms with van der Waals surface area (Å²) in [6.45, 7) is -0.0309. The standard InChI is InChI=1S/C23H20F2N4O2/c1-28(10-8-21(24)25)22(30)16-4-6-18-19(12-16)27-20(13-26-18)15-3-5-17-14(11-15)7-9-29(2)23(17)31/h3-7,9,11-13,21H,8,10H2,1-2H3. The van der Waals surface area contributed by atoms with Gasteiger partial charge in [-0.15, -0.1) is 0 Å². The molecule has 0 aliphatic carbocycles. The van der Waals surface area contributed by atoms with E-state index in [2.05, 4.69) is 9.97 Å². The molecule has 2 aromatic heterocycles. The molecule has 6 nitrogen and oxygen atoms in total. The van der Waals surface area contributed by atoms with Crippen LogP contribution in [0.25, 0.3) is 33.1 Å². The molecule has 0 aliphatic rings. The normalized spacial score (nSPS) is 11.4. The van der Waals surface area contributed by atoms with Crippen molar-refractivity contribution in [3.63, 3.8) is 0 Å². The highest BCUT2D eigenvalue weighted by molar-refractivity contribution is 5.97. The van der Waals surface area contributed by atoms with Gasteiger partial charge in [0.25, 0.3) is 11.5 Å². The Kier molecular flexibility index (Phi) is 5.46. The van der Waals surface area contributed by atoms with E-state index in [9.17, 15) is 18.4 Å². The molecular weight excluding hydrogens is 402 g/mol. The fourth-order valence-electron chi connectivity index (χ4n) is 3.40. The highest BCUT2D eigenvalue weighted by Crippen LogP contribution is 2.23. The van der Waals surface area contributed by atoms with Gasteiger partial charge in [-0.2, -0.15) is 0 Å². The minimum atomic E-state index is -2.46. The Labute approximate surface area is 176 Å². The molecule has 158 valence electrons. The van der Waals surface area contributed by atoms with E-state index in [-0.39, 0.29) is 24.4 Å². The first kappa shape index (κ1) is 20.6. The summed E-state index contributed by atoms with van der Waals surface area (Å²) >= 11 is 0. The van der Waals surface area contributed by atoms with E-state index in [0.717, 1.165) is 10.9 Å². The van der Waals surface area contributed by atoms with E-state index in [1.807, 2.05) is 18.2 Å². The van der Waals surface area contributed by atoms with Crippen molar-refractivity contribution in [3.05, 3.63) is 70.8 Å². The van der Waals surface area contributed by atoms with Gasteiger partial charge in [0, 0.05) is 49.8 Å². The Morgan fingerprint density at radius 2 is 1.94 bits per heavy atom. The van der Waals surface area contributed by atoms with E-state index in [1.54, 1.807) is 43.7 Å². The zero-order valence-electron chi connectivity index (χ0n) is 17.0. The van der Waals surface area contributed by atoms with Gasteiger partial charge >= 0.3 is 0 Å². The van der Waals surface area contributed by atoms with Gasteiger partial charge in [-0.05, 0) is 41.8 Å². The van der Waals surface area contributed by atoms with Crippen LogP contribution in [0.15, 0.2) is 59.7 Å². The van der Waals surface area contributed by atoms with Crippen LogP contribution in [0.1, 0.15) is 16.8 Å². The molecule has 0 N–H and O–H groups in total. The minimum absolute atomic E-state index is 0.0309. The number of rotatable bonds is 5. The lowest BCUT2D eigenvalue weighted by molar-refractivity contribution is 0.0740. The predicted octanol–water partition coefficient (Wildman–Crippen LogP) is 3.88. The summed E-state index contributed by atoms with van der Waals surface area (Å²) in [5.41, 5.74) is 2.82. The number of carbonyl (C=O) groups excluding carboxylic acids is 1. The van der Waals surface area contributed by atoms with Crippen molar-refractivity contribution in [3.8, 4) is 11.3 Å². The van der Waals surface area contributed by atoms with E-state index in [4.69, 9.17) is 0 Å². The summed E-state index contributed by atoms with van der Waals surface area (Å²) in [6, 6.07) is 12.2. The van der Waals surface area contributed by atoms with Gasteiger partial charge < -0.3 is 9.47 Å². The third kappa shape index (κ3) is 4.14. The first-order chi connectivity index (χ1) is 14.8. The van der Waals surface area contributed by atoms with Gasteiger partial charge in [-0.1, -0.05) is 6.07 Å². The number of fused-ring (bicyclic) bond motifs is 2. The first-order valence-electron chi connectivity index (χ1n) is 9.73. The maximum atomic E-state index is 12.6. The average molecular weight is 422 g/mol. The van der Waals surface area contributed by atoms with Crippen molar-refractivity contribution in [1.82, 2.24) is 19.4 Å². The highest BCUT2D eigenvalue weighted by atomic mass is 19.3. The van der Waals surface area contributed by atoms with Crippen LogP contribution in [-0.2, 0) is 7.05 Å². The molecule has 31 heavy (non-hydrogen) atoms. The Balaban J connectivity index is 1.69.